The van der Waals surface area contributed by atoms with Crippen LogP contribution in [-0.4, -0.2) is 32.9 Å². The summed E-state index contributed by atoms with van der Waals surface area (Å²) in [6.45, 7) is 0.800. The maximum atomic E-state index is 11.6. The zero-order chi connectivity index (χ0) is 12.7. The first-order valence-electron chi connectivity index (χ1n) is 5.22. The number of rotatable bonds is 7. The van der Waals surface area contributed by atoms with Crippen molar-refractivity contribution in [2.24, 2.45) is 5.73 Å². The summed E-state index contributed by atoms with van der Waals surface area (Å²) in [6, 6.07) is 3.33. The van der Waals surface area contributed by atoms with Crippen molar-refractivity contribution >= 4 is 15.8 Å². The Morgan fingerprint density at radius 1 is 1.47 bits per heavy atom. The van der Waals surface area contributed by atoms with E-state index in [0.717, 1.165) is 5.56 Å². The Balaban J connectivity index is 2.56. The summed E-state index contributed by atoms with van der Waals surface area (Å²) in [5, 5.41) is 0. The number of hydrogen-bond acceptors (Lipinski definition) is 5. The maximum Gasteiger partial charge on any atom is 0.233 e. The highest BCUT2D eigenvalue weighted by molar-refractivity contribution is 7.92. The molecule has 0 aliphatic carbocycles. The van der Waals surface area contributed by atoms with E-state index in [2.05, 4.69) is 9.71 Å². The SMILES string of the molecule is COCCCS(=O)(=O)Nc1ccc(CN)cn1. The molecule has 0 radical (unpaired) electrons. The van der Waals surface area contributed by atoms with Crippen molar-refractivity contribution in [2.75, 3.05) is 24.2 Å². The van der Waals surface area contributed by atoms with Gasteiger partial charge in [0.25, 0.3) is 0 Å². The average molecular weight is 259 g/mol. The van der Waals surface area contributed by atoms with Crippen LogP contribution in [0.15, 0.2) is 18.3 Å². The Morgan fingerprint density at radius 2 is 2.24 bits per heavy atom. The van der Waals surface area contributed by atoms with Crippen molar-refractivity contribution in [1.29, 1.82) is 0 Å². The first-order chi connectivity index (χ1) is 8.07. The Bertz CT molecular complexity index is 431. The van der Waals surface area contributed by atoms with Gasteiger partial charge >= 0.3 is 0 Å². The minimum absolute atomic E-state index is 0.0150. The monoisotopic (exact) mass is 259 g/mol. The molecule has 1 aromatic rings. The van der Waals surface area contributed by atoms with E-state index in [1.807, 2.05) is 0 Å². The van der Waals surface area contributed by atoms with Gasteiger partial charge in [-0.25, -0.2) is 13.4 Å². The molecule has 6 nitrogen and oxygen atoms in total. The van der Waals surface area contributed by atoms with Crippen LogP contribution in [0.2, 0.25) is 0 Å². The molecule has 0 aliphatic heterocycles. The highest BCUT2D eigenvalue weighted by Gasteiger charge is 2.10. The molecule has 0 aliphatic rings. The number of nitrogens with two attached hydrogens (primary N) is 1. The van der Waals surface area contributed by atoms with E-state index in [0.29, 0.717) is 25.4 Å². The van der Waals surface area contributed by atoms with Crippen molar-refractivity contribution in [2.45, 2.75) is 13.0 Å². The first-order valence-corrected chi connectivity index (χ1v) is 6.87. The largest absolute Gasteiger partial charge is 0.385 e. The molecule has 1 aromatic heterocycles. The van der Waals surface area contributed by atoms with E-state index in [1.165, 1.54) is 7.11 Å². The second kappa shape index (κ2) is 6.53. The number of nitrogens with zero attached hydrogens (tertiary/aromatic N) is 1. The van der Waals surface area contributed by atoms with Gasteiger partial charge in [0.2, 0.25) is 10.0 Å². The van der Waals surface area contributed by atoms with Gasteiger partial charge in [-0.15, -0.1) is 0 Å². The Labute approximate surface area is 101 Å². The summed E-state index contributed by atoms with van der Waals surface area (Å²) in [5.74, 6) is 0.320. The number of methoxy groups -OCH3 is 1. The van der Waals surface area contributed by atoms with Crippen LogP contribution < -0.4 is 10.5 Å². The molecule has 17 heavy (non-hydrogen) atoms. The smallest absolute Gasteiger partial charge is 0.233 e. The van der Waals surface area contributed by atoms with Crippen molar-refractivity contribution < 1.29 is 13.2 Å². The van der Waals surface area contributed by atoms with E-state index < -0.39 is 10.0 Å². The van der Waals surface area contributed by atoms with Gasteiger partial charge < -0.3 is 10.5 Å². The molecular weight excluding hydrogens is 242 g/mol. The number of anilines is 1. The fourth-order valence-corrected chi connectivity index (χ4v) is 2.25. The van der Waals surface area contributed by atoms with Gasteiger partial charge in [0.05, 0.1) is 5.75 Å². The number of hydrogen-bond donors (Lipinski definition) is 2. The molecule has 0 atom stereocenters. The molecule has 0 unspecified atom stereocenters. The van der Waals surface area contributed by atoms with Gasteiger partial charge in [-0.1, -0.05) is 6.07 Å². The molecule has 7 heteroatoms. The molecule has 0 saturated carbocycles. The second-order valence-corrected chi connectivity index (χ2v) is 5.36. The predicted molar refractivity (Wildman–Crippen MR) is 66.0 cm³/mol. The fraction of sp³-hybridized carbons (Fsp3) is 0.500. The summed E-state index contributed by atoms with van der Waals surface area (Å²) in [7, 11) is -1.82. The van der Waals surface area contributed by atoms with Gasteiger partial charge in [-0.3, -0.25) is 4.72 Å². The molecule has 0 bridgehead atoms. The molecule has 3 N–H and O–H groups in total. The summed E-state index contributed by atoms with van der Waals surface area (Å²) in [6.07, 6.45) is 2.00. The Kier molecular flexibility index (Phi) is 5.33. The Morgan fingerprint density at radius 3 is 2.76 bits per heavy atom. The van der Waals surface area contributed by atoms with Crippen molar-refractivity contribution in [3.8, 4) is 0 Å². The van der Waals surface area contributed by atoms with Crippen molar-refractivity contribution in [3.63, 3.8) is 0 Å². The van der Waals surface area contributed by atoms with Crippen molar-refractivity contribution in [3.05, 3.63) is 23.9 Å². The van der Waals surface area contributed by atoms with E-state index in [4.69, 9.17) is 10.5 Å². The van der Waals surface area contributed by atoms with Crippen LogP contribution in [0.5, 0.6) is 0 Å². The third-order valence-electron chi connectivity index (χ3n) is 2.08. The summed E-state index contributed by atoms with van der Waals surface area (Å²) < 4.78 is 30.4. The lowest BCUT2D eigenvalue weighted by Gasteiger charge is -2.07. The van der Waals surface area contributed by atoms with Crippen LogP contribution in [0.4, 0.5) is 5.82 Å². The van der Waals surface area contributed by atoms with Gasteiger partial charge in [0, 0.05) is 26.5 Å². The quantitative estimate of drug-likeness (QED) is 0.688. The Hall–Kier alpha value is -1.18. The topological polar surface area (TPSA) is 94.3 Å². The number of nitrogens with one attached hydrogen (secondary N) is 1. The van der Waals surface area contributed by atoms with Gasteiger partial charge in [-0.2, -0.15) is 0 Å². The molecule has 0 saturated heterocycles. The highest BCUT2D eigenvalue weighted by atomic mass is 32.2. The maximum absolute atomic E-state index is 11.6. The number of ether oxygens (including phenoxy) is 1. The van der Waals surface area contributed by atoms with Crippen LogP contribution in [0.25, 0.3) is 0 Å². The second-order valence-electron chi connectivity index (χ2n) is 3.52. The van der Waals surface area contributed by atoms with Crippen LogP contribution in [0, 0.1) is 0 Å². The molecule has 0 fully saturated rings. The standard InChI is InChI=1S/C10H17N3O3S/c1-16-5-2-6-17(14,15)13-10-4-3-9(7-11)8-12-10/h3-4,8H,2,5-7,11H2,1H3,(H,12,13). The van der Waals surface area contributed by atoms with Crippen LogP contribution in [0.1, 0.15) is 12.0 Å². The minimum atomic E-state index is -3.35. The normalized spacial score (nSPS) is 11.4. The lowest BCUT2D eigenvalue weighted by Crippen LogP contribution is -2.18. The number of pyridine rings is 1. The molecule has 1 rings (SSSR count). The van der Waals surface area contributed by atoms with Crippen LogP contribution in [0.3, 0.4) is 0 Å². The van der Waals surface area contributed by atoms with Crippen LogP contribution >= 0.6 is 0 Å². The third kappa shape index (κ3) is 5.12. The van der Waals surface area contributed by atoms with Crippen molar-refractivity contribution in [1.82, 2.24) is 4.98 Å². The molecule has 96 valence electrons. The predicted octanol–water partition coefficient (Wildman–Crippen LogP) is 0.319. The summed E-state index contributed by atoms with van der Waals surface area (Å²) in [5.41, 5.74) is 6.27. The average Bonchev–Trinajstić information content (AvgIpc) is 2.30. The zero-order valence-electron chi connectivity index (χ0n) is 9.72. The van der Waals surface area contributed by atoms with Gasteiger partial charge in [-0.05, 0) is 18.1 Å². The van der Waals surface area contributed by atoms with E-state index in [-0.39, 0.29) is 5.75 Å². The number of aromatic nitrogens is 1. The zero-order valence-corrected chi connectivity index (χ0v) is 10.5. The molecule has 0 spiro atoms. The lowest BCUT2D eigenvalue weighted by molar-refractivity contribution is 0.199. The first kappa shape index (κ1) is 13.9. The lowest BCUT2D eigenvalue weighted by atomic mass is 10.3. The van der Waals surface area contributed by atoms with Crippen LogP contribution in [-0.2, 0) is 21.3 Å². The van der Waals surface area contributed by atoms with Gasteiger partial charge in [0.1, 0.15) is 5.82 Å². The highest BCUT2D eigenvalue weighted by Crippen LogP contribution is 2.07. The molecular formula is C10H17N3O3S. The summed E-state index contributed by atoms with van der Waals surface area (Å²) in [4.78, 5) is 3.96. The molecule has 1 heterocycles. The van der Waals surface area contributed by atoms with E-state index in [9.17, 15) is 8.42 Å². The fourth-order valence-electron chi connectivity index (χ4n) is 1.21. The van der Waals surface area contributed by atoms with Gasteiger partial charge in [0.15, 0.2) is 0 Å². The minimum Gasteiger partial charge on any atom is -0.385 e. The van der Waals surface area contributed by atoms with E-state index in [1.54, 1.807) is 18.3 Å². The number of sulfonamides is 1. The third-order valence-corrected chi connectivity index (χ3v) is 3.43. The molecule has 0 aromatic carbocycles. The summed E-state index contributed by atoms with van der Waals surface area (Å²) >= 11 is 0. The molecule has 0 amide bonds. The van der Waals surface area contributed by atoms with E-state index >= 15 is 0 Å².